The van der Waals surface area contributed by atoms with Crippen molar-refractivity contribution in [1.82, 2.24) is 9.55 Å². The second-order valence-corrected chi connectivity index (χ2v) is 5.36. The molecule has 0 bridgehead atoms. The van der Waals surface area contributed by atoms with Gasteiger partial charge in [0.05, 0.1) is 12.0 Å². The normalized spacial score (nSPS) is 12.7. The van der Waals surface area contributed by atoms with Crippen molar-refractivity contribution in [2.24, 2.45) is 5.73 Å². The van der Waals surface area contributed by atoms with Gasteiger partial charge in [0.1, 0.15) is 0 Å². The molecule has 1 aromatic heterocycles. The van der Waals surface area contributed by atoms with E-state index in [1.54, 1.807) is 0 Å². The second-order valence-electron chi connectivity index (χ2n) is 5.36. The molecular weight excluding hydrogens is 246 g/mol. The van der Waals surface area contributed by atoms with E-state index in [1.165, 1.54) is 16.3 Å². The van der Waals surface area contributed by atoms with E-state index in [2.05, 4.69) is 58.2 Å². The van der Waals surface area contributed by atoms with E-state index in [4.69, 9.17) is 5.73 Å². The fourth-order valence-electron chi connectivity index (χ4n) is 2.56. The summed E-state index contributed by atoms with van der Waals surface area (Å²) in [6, 6.07) is 15.1. The van der Waals surface area contributed by atoms with E-state index in [9.17, 15) is 0 Å². The van der Waals surface area contributed by atoms with Crippen LogP contribution in [-0.2, 0) is 13.0 Å². The molecule has 1 unspecified atom stereocenters. The summed E-state index contributed by atoms with van der Waals surface area (Å²) < 4.78 is 2.12. The number of nitrogens with zero attached hydrogens (tertiary/aromatic N) is 2. The number of aromatic nitrogens is 2. The Morgan fingerprint density at radius 2 is 1.95 bits per heavy atom. The molecule has 0 spiro atoms. The highest BCUT2D eigenvalue weighted by atomic mass is 15.0. The highest BCUT2D eigenvalue weighted by Gasteiger charge is 2.04. The fourth-order valence-corrected chi connectivity index (χ4v) is 2.56. The van der Waals surface area contributed by atoms with Crippen molar-refractivity contribution < 1.29 is 0 Å². The van der Waals surface area contributed by atoms with Gasteiger partial charge in [0.25, 0.3) is 0 Å². The third-order valence-corrected chi connectivity index (χ3v) is 3.45. The van der Waals surface area contributed by atoms with E-state index < -0.39 is 0 Å². The molecule has 102 valence electrons. The van der Waals surface area contributed by atoms with Crippen LogP contribution in [0.1, 0.15) is 18.2 Å². The van der Waals surface area contributed by atoms with E-state index in [-0.39, 0.29) is 6.04 Å². The van der Waals surface area contributed by atoms with Gasteiger partial charge in [-0.2, -0.15) is 0 Å². The number of hydrogen-bond donors (Lipinski definition) is 1. The first kappa shape index (κ1) is 12.9. The monoisotopic (exact) mass is 265 g/mol. The quantitative estimate of drug-likeness (QED) is 0.788. The molecule has 0 saturated heterocycles. The Balaban J connectivity index is 1.88. The molecular formula is C17H19N3. The lowest BCUT2D eigenvalue weighted by atomic mass is 10.0. The van der Waals surface area contributed by atoms with Crippen LogP contribution in [0.15, 0.2) is 55.0 Å². The Bertz CT molecular complexity index is 708. The molecule has 3 nitrogen and oxygen atoms in total. The van der Waals surface area contributed by atoms with Crippen LogP contribution in [-0.4, -0.2) is 15.6 Å². The smallest absolute Gasteiger partial charge is 0.0952 e. The molecule has 1 heterocycles. The summed E-state index contributed by atoms with van der Waals surface area (Å²) in [5, 5.41) is 2.58. The van der Waals surface area contributed by atoms with Crippen LogP contribution in [0.4, 0.5) is 0 Å². The number of nitrogens with two attached hydrogens (primary N) is 1. The Morgan fingerprint density at radius 3 is 2.80 bits per heavy atom. The second kappa shape index (κ2) is 5.47. The van der Waals surface area contributed by atoms with Crippen molar-refractivity contribution in [2.45, 2.75) is 25.9 Å². The first-order valence-corrected chi connectivity index (χ1v) is 6.95. The Labute approximate surface area is 119 Å². The zero-order chi connectivity index (χ0) is 13.9. The minimum absolute atomic E-state index is 0.149. The lowest BCUT2D eigenvalue weighted by molar-refractivity contribution is 0.723. The molecule has 0 saturated carbocycles. The predicted octanol–water partition coefficient (Wildman–Crippen LogP) is 2.97. The molecule has 3 aromatic rings. The van der Waals surface area contributed by atoms with E-state index >= 15 is 0 Å². The third kappa shape index (κ3) is 2.73. The Hall–Kier alpha value is -2.13. The topological polar surface area (TPSA) is 43.8 Å². The Kier molecular flexibility index (Phi) is 3.52. The van der Waals surface area contributed by atoms with Gasteiger partial charge in [0.15, 0.2) is 0 Å². The van der Waals surface area contributed by atoms with Crippen molar-refractivity contribution in [3.63, 3.8) is 0 Å². The summed E-state index contributed by atoms with van der Waals surface area (Å²) in [4.78, 5) is 4.42. The molecule has 0 amide bonds. The van der Waals surface area contributed by atoms with Crippen LogP contribution >= 0.6 is 0 Å². The maximum atomic E-state index is 5.81. The molecule has 1 atom stereocenters. The van der Waals surface area contributed by atoms with Crippen molar-refractivity contribution >= 4 is 10.8 Å². The van der Waals surface area contributed by atoms with E-state index in [0.717, 1.165) is 18.7 Å². The van der Waals surface area contributed by atoms with Crippen LogP contribution < -0.4 is 5.73 Å². The largest absolute Gasteiger partial charge is 0.333 e. The molecule has 3 heteroatoms. The Morgan fingerprint density at radius 1 is 1.15 bits per heavy atom. The fraction of sp³-hybridized carbons (Fsp3) is 0.235. The van der Waals surface area contributed by atoms with Gasteiger partial charge < -0.3 is 10.3 Å². The number of rotatable bonds is 4. The SMILES string of the molecule is CC(N)Cc1cn(Cc2cccc3ccccc23)cn1. The van der Waals surface area contributed by atoms with Gasteiger partial charge >= 0.3 is 0 Å². The van der Waals surface area contributed by atoms with Gasteiger partial charge in [0.2, 0.25) is 0 Å². The zero-order valence-electron chi connectivity index (χ0n) is 11.7. The molecule has 0 radical (unpaired) electrons. The summed E-state index contributed by atoms with van der Waals surface area (Å²) in [6.07, 6.45) is 4.80. The van der Waals surface area contributed by atoms with E-state index in [0.29, 0.717) is 0 Å². The molecule has 20 heavy (non-hydrogen) atoms. The van der Waals surface area contributed by atoms with Gasteiger partial charge in [0, 0.05) is 25.2 Å². The number of imidazole rings is 1. The maximum Gasteiger partial charge on any atom is 0.0952 e. The minimum atomic E-state index is 0.149. The molecule has 0 fully saturated rings. The molecule has 3 rings (SSSR count). The highest BCUT2D eigenvalue weighted by Crippen LogP contribution is 2.19. The van der Waals surface area contributed by atoms with E-state index in [1.807, 2.05) is 13.3 Å². The molecule has 0 aliphatic rings. The number of fused-ring (bicyclic) bond motifs is 1. The third-order valence-electron chi connectivity index (χ3n) is 3.45. The van der Waals surface area contributed by atoms with Gasteiger partial charge in [-0.1, -0.05) is 42.5 Å². The summed E-state index contributed by atoms with van der Waals surface area (Å²) in [6.45, 7) is 2.84. The van der Waals surface area contributed by atoms with Crippen LogP contribution in [0.3, 0.4) is 0 Å². The van der Waals surface area contributed by atoms with Gasteiger partial charge in [-0.05, 0) is 23.3 Å². The lowest BCUT2D eigenvalue weighted by Gasteiger charge is -2.07. The van der Waals surface area contributed by atoms with Crippen LogP contribution in [0, 0.1) is 0 Å². The van der Waals surface area contributed by atoms with Crippen LogP contribution in [0.2, 0.25) is 0 Å². The summed E-state index contributed by atoms with van der Waals surface area (Å²) >= 11 is 0. The molecule has 0 aliphatic heterocycles. The standard InChI is InChI=1S/C17H19N3/c1-13(18)9-16-11-20(12-19-16)10-15-7-4-6-14-5-2-3-8-17(14)15/h2-8,11-13H,9-10,18H2,1H3. The molecule has 0 aliphatic carbocycles. The lowest BCUT2D eigenvalue weighted by Crippen LogP contribution is -2.17. The zero-order valence-corrected chi connectivity index (χ0v) is 11.7. The predicted molar refractivity (Wildman–Crippen MR) is 82.6 cm³/mol. The number of benzene rings is 2. The minimum Gasteiger partial charge on any atom is -0.333 e. The first-order chi connectivity index (χ1) is 9.72. The van der Waals surface area contributed by atoms with Crippen LogP contribution in [0.25, 0.3) is 10.8 Å². The van der Waals surface area contributed by atoms with Crippen molar-refractivity contribution in [3.05, 3.63) is 66.2 Å². The van der Waals surface area contributed by atoms with Crippen molar-refractivity contribution in [2.75, 3.05) is 0 Å². The first-order valence-electron chi connectivity index (χ1n) is 6.95. The number of hydrogen-bond acceptors (Lipinski definition) is 2. The average Bonchev–Trinajstić information content (AvgIpc) is 2.86. The summed E-state index contributed by atoms with van der Waals surface area (Å²) in [5.41, 5.74) is 8.18. The highest BCUT2D eigenvalue weighted by molar-refractivity contribution is 5.85. The van der Waals surface area contributed by atoms with Gasteiger partial charge in [-0.3, -0.25) is 0 Å². The summed E-state index contributed by atoms with van der Waals surface area (Å²) in [5.74, 6) is 0. The molecule has 2 N–H and O–H groups in total. The van der Waals surface area contributed by atoms with Gasteiger partial charge in [-0.15, -0.1) is 0 Å². The van der Waals surface area contributed by atoms with Gasteiger partial charge in [-0.25, -0.2) is 4.98 Å². The summed E-state index contributed by atoms with van der Waals surface area (Å²) in [7, 11) is 0. The average molecular weight is 265 g/mol. The van der Waals surface area contributed by atoms with Crippen molar-refractivity contribution in [1.29, 1.82) is 0 Å². The maximum absolute atomic E-state index is 5.81. The van der Waals surface area contributed by atoms with Crippen LogP contribution in [0.5, 0.6) is 0 Å². The molecule has 2 aromatic carbocycles. The van der Waals surface area contributed by atoms with Crippen molar-refractivity contribution in [3.8, 4) is 0 Å².